The van der Waals surface area contributed by atoms with Gasteiger partial charge >= 0.3 is 0 Å². The zero-order valence-electron chi connectivity index (χ0n) is 12.7. The molecule has 4 rings (SSSR count). The highest BCUT2D eigenvalue weighted by molar-refractivity contribution is 6.13. The molecule has 0 aliphatic carbocycles. The van der Waals surface area contributed by atoms with Crippen molar-refractivity contribution in [1.29, 1.82) is 0 Å². The van der Waals surface area contributed by atoms with Crippen LogP contribution in [0.25, 0.3) is 21.8 Å². The van der Waals surface area contributed by atoms with Gasteiger partial charge in [-0.2, -0.15) is 0 Å². The summed E-state index contributed by atoms with van der Waals surface area (Å²) < 4.78 is 1.97. The molecule has 0 radical (unpaired) electrons. The van der Waals surface area contributed by atoms with Crippen LogP contribution < -0.4 is 5.32 Å². The van der Waals surface area contributed by atoms with E-state index in [0.717, 1.165) is 27.5 Å². The molecule has 2 heterocycles. The van der Waals surface area contributed by atoms with E-state index in [2.05, 4.69) is 10.3 Å². The van der Waals surface area contributed by atoms with Crippen LogP contribution in [-0.2, 0) is 7.05 Å². The molecular formula is C19H15N3O. The lowest BCUT2D eigenvalue weighted by Gasteiger charge is -2.05. The molecule has 23 heavy (non-hydrogen) atoms. The van der Waals surface area contributed by atoms with Crippen molar-refractivity contribution in [2.45, 2.75) is 0 Å². The van der Waals surface area contributed by atoms with Crippen LogP contribution in [0, 0.1) is 0 Å². The number of nitrogens with one attached hydrogen (secondary N) is 1. The summed E-state index contributed by atoms with van der Waals surface area (Å²) in [6.45, 7) is 0. The molecule has 0 spiro atoms. The number of pyridine rings is 1. The topological polar surface area (TPSA) is 46.9 Å². The van der Waals surface area contributed by atoms with E-state index in [9.17, 15) is 4.79 Å². The fourth-order valence-electron chi connectivity index (χ4n) is 2.87. The van der Waals surface area contributed by atoms with Gasteiger partial charge in [-0.05, 0) is 30.3 Å². The molecule has 4 aromatic rings. The third-order valence-electron chi connectivity index (χ3n) is 4.00. The van der Waals surface area contributed by atoms with Crippen molar-refractivity contribution in [2.24, 2.45) is 7.05 Å². The number of nitrogens with zero attached hydrogens (tertiary/aromatic N) is 2. The summed E-state index contributed by atoms with van der Waals surface area (Å²) in [5.74, 6) is -0.106. The second-order valence-corrected chi connectivity index (χ2v) is 5.54. The highest BCUT2D eigenvalue weighted by Gasteiger charge is 2.13. The minimum Gasteiger partial charge on any atom is -0.350 e. The fourth-order valence-corrected chi connectivity index (χ4v) is 2.87. The van der Waals surface area contributed by atoms with Crippen molar-refractivity contribution in [3.05, 3.63) is 72.6 Å². The van der Waals surface area contributed by atoms with Gasteiger partial charge < -0.3 is 9.88 Å². The largest absolute Gasteiger partial charge is 0.350 e. The normalized spacial score (nSPS) is 11.0. The number of carbonyl (C=O) groups is 1. The maximum Gasteiger partial charge on any atom is 0.257 e. The van der Waals surface area contributed by atoms with Gasteiger partial charge in [-0.25, -0.2) is 0 Å². The number of rotatable bonds is 2. The minimum atomic E-state index is -0.106. The number of amides is 1. The van der Waals surface area contributed by atoms with Crippen molar-refractivity contribution < 1.29 is 4.79 Å². The molecule has 4 nitrogen and oxygen atoms in total. The number of benzene rings is 2. The Balaban J connectivity index is 1.70. The van der Waals surface area contributed by atoms with Crippen molar-refractivity contribution in [1.82, 2.24) is 9.55 Å². The van der Waals surface area contributed by atoms with Crippen LogP contribution in [-0.4, -0.2) is 15.5 Å². The van der Waals surface area contributed by atoms with Crippen molar-refractivity contribution in [3.8, 4) is 0 Å². The number of para-hydroxylation sites is 1. The number of aryl methyl sites for hydroxylation is 1. The first kappa shape index (κ1) is 13.5. The predicted molar refractivity (Wildman–Crippen MR) is 92.6 cm³/mol. The van der Waals surface area contributed by atoms with Crippen LogP contribution in [0.4, 0.5) is 5.69 Å². The Morgan fingerprint density at radius 1 is 1.09 bits per heavy atom. The summed E-state index contributed by atoms with van der Waals surface area (Å²) in [5, 5.41) is 4.93. The molecule has 1 N–H and O–H groups in total. The molecule has 0 aliphatic heterocycles. The van der Waals surface area contributed by atoms with Crippen LogP contribution in [0.2, 0.25) is 0 Å². The standard InChI is InChI=1S/C19H15N3O/c1-22-12-16(15-6-2-3-7-18(15)22)19(23)21-14-8-9-17-13(11-14)5-4-10-20-17/h2-12H,1H3,(H,21,23). The molecule has 0 fully saturated rings. The van der Waals surface area contributed by atoms with Gasteiger partial charge in [0.05, 0.1) is 11.1 Å². The monoisotopic (exact) mass is 301 g/mol. The van der Waals surface area contributed by atoms with Gasteiger partial charge in [-0.1, -0.05) is 24.3 Å². The summed E-state index contributed by atoms with van der Waals surface area (Å²) in [7, 11) is 1.95. The first-order valence-electron chi connectivity index (χ1n) is 7.42. The summed E-state index contributed by atoms with van der Waals surface area (Å²) in [5.41, 5.74) is 3.40. The van der Waals surface area contributed by atoms with Gasteiger partial charge in [0.1, 0.15) is 0 Å². The molecule has 0 bridgehead atoms. The highest BCUT2D eigenvalue weighted by Crippen LogP contribution is 2.22. The molecular weight excluding hydrogens is 286 g/mol. The molecule has 0 saturated carbocycles. The predicted octanol–water partition coefficient (Wildman–Crippen LogP) is 3.98. The third kappa shape index (κ3) is 2.34. The van der Waals surface area contributed by atoms with E-state index < -0.39 is 0 Å². The molecule has 1 amide bonds. The van der Waals surface area contributed by atoms with E-state index in [0.29, 0.717) is 5.56 Å². The fraction of sp³-hybridized carbons (Fsp3) is 0.0526. The Bertz CT molecular complexity index is 1030. The van der Waals surface area contributed by atoms with Gasteiger partial charge in [0.15, 0.2) is 0 Å². The summed E-state index contributed by atoms with van der Waals surface area (Å²) >= 11 is 0. The van der Waals surface area contributed by atoms with E-state index in [-0.39, 0.29) is 5.91 Å². The van der Waals surface area contributed by atoms with Crippen molar-refractivity contribution in [3.63, 3.8) is 0 Å². The Hall–Kier alpha value is -3.14. The summed E-state index contributed by atoms with van der Waals surface area (Å²) in [6, 6.07) is 17.5. The lowest BCUT2D eigenvalue weighted by atomic mass is 10.1. The zero-order valence-corrected chi connectivity index (χ0v) is 12.7. The molecule has 0 saturated heterocycles. The average molecular weight is 301 g/mol. The maximum absolute atomic E-state index is 12.6. The number of hydrogen-bond donors (Lipinski definition) is 1. The highest BCUT2D eigenvalue weighted by atomic mass is 16.1. The number of hydrogen-bond acceptors (Lipinski definition) is 2. The van der Waals surface area contributed by atoms with Gasteiger partial charge in [-0.3, -0.25) is 9.78 Å². The van der Waals surface area contributed by atoms with E-state index in [1.165, 1.54) is 0 Å². The molecule has 0 aliphatic rings. The molecule has 2 aromatic carbocycles. The second kappa shape index (κ2) is 5.25. The first-order chi connectivity index (χ1) is 11.2. The van der Waals surface area contributed by atoms with Crippen LogP contribution >= 0.6 is 0 Å². The van der Waals surface area contributed by atoms with E-state index in [1.807, 2.05) is 72.4 Å². The Morgan fingerprint density at radius 3 is 2.87 bits per heavy atom. The van der Waals surface area contributed by atoms with Crippen molar-refractivity contribution >= 4 is 33.4 Å². The Labute approximate surface area is 133 Å². The average Bonchev–Trinajstić information content (AvgIpc) is 2.92. The zero-order chi connectivity index (χ0) is 15.8. The molecule has 0 unspecified atom stereocenters. The number of carbonyl (C=O) groups excluding carboxylic acids is 1. The Morgan fingerprint density at radius 2 is 1.96 bits per heavy atom. The van der Waals surface area contributed by atoms with E-state index in [4.69, 9.17) is 0 Å². The smallest absolute Gasteiger partial charge is 0.257 e. The molecule has 112 valence electrons. The molecule has 2 aromatic heterocycles. The number of aromatic nitrogens is 2. The quantitative estimate of drug-likeness (QED) is 0.609. The van der Waals surface area contributed by atoms with Gasteiger partial charge in [0.25, 0.3) is 5.91 Å². The molecule has 4 heteroatoms. The van der Waals surface area contributed by atoms with Gasteiger partial charge in [0, 0.05) is 41.4 Å². The SMILES string of the molecule is Cn1cc(C(=O)Nc2ccc3ncccc3c2)c2ccccc21. The van der Waals surface area contributed by atoms with Crippen LogP contribution in [0.15, 0.2) is 67.0 Å². The number of anilines is 1. The van der Waals surface area contributed by atoms with Crippen molar-refractivity contribution in [2.75, 3.05) is 5.32 Å². The number of fused-ring (bicyclic) bond motifs is 2. The lowest BCUT2D eigenvalue weighted by molar-refractivity contribution is 0.102. The minimum absolute atomic E-state index is 0.106. The Kier molecular flexibility index (Phi) is 3.08. The molecule has 0 atom stereocenters. The van der Waals surface area contributed by atoms with Gasteiger partial charge in [-0.15, -0.1) is 0 Å². The van der Waals surface area contributed by atoms with Crippen LogP contribution in [0.3, 0.4) is 0 Å². The lowest BCUT2D eigenvalue weighted by Crippen LogP contribution is -2.11. The summed E-state index contributed by atoms with van der Waals surface area (Å²) in [4.78, 5) is 16.9. The third-order valence-corrected chi connectivity index (χ3v) is 4.00. The van der Waals surface area contributed by atoms with Crippen LogP contribution in [0.1, 0.15) is 10.4 Å². The van der Waals surface area contributed by atoms with E-state index in [1.54, 1.807) is 6.20 Å². The van der Waals surface area contributed by atoms with E-state index >= 15 is 0 Å². The summed E-state index contributed by atoms with van der Waals surface area (Å²) in [6.07, 6.45) is 3.62. The second-order valence-electron chi connectivity index (χ2n) is 5.54. The van der Waals surface area contributed by atoms with Crippen LogP contribution in [0.5, 0.6) is 0 Å². The van der Waals surface area contributed by atoms with Gasteiger partial charge in [0.2, 0.25) is 0 Å². The first-order valence-corrected chi connectivity index (χ1v) is 7.42. The maximum atomic E-state index is 12.6.